The maximum absolute atomic E-state index is 12.4. The van der Waals surface area contributed by atoms with E-state index >= 15 is 0 Å². The summed E-state index contributed by atoms with van der Waals surface area (Å²) in [5.41, 5.74) is 4.46. The second-order valence-corrected chi connectivity index (χ2v) is 8.08. The van der Waals surface area contributed by atoms with Crippen molar-refractivity contribution >= 4 is 55.9 Å². The van der Waals surface area contributed by atoms with E-state index in [0.717, 1.165) is 32.7 Å². The van der Waals surface area contributed by atoms with Gasteiger partial charge in [0.15, 0.2) is 5.11 Å². The molecule has 9 heteroatoms. The van der Waals surface area contributed by atoms with Gasteiger partial charge in [-0.05, 0) is 85.4 Å². The molecule has 2 N–H and O–H groups in total. The summed E-state index contributed by atoms with van der Waals surface area (Å²) in [4.78, 5) is 13.9. The van der Waals surface area contributed by atoms with Gasteiger partial charge < -0.3 is 10.1 Å². The molecule has 1 amide bonds. The first kappa shape index (κ1) is 21.0. The maximum Gasteiger partial charge on any atom is 0.257 e. The van der Waals surface area contributed by atoms with Crippen LogP contribution in [0.1, 0.15) is 15.9 Å². The number of benzene rings is 3. The molecule has 0 unspecified atom stereocenters. The molecule has 0 aliphatic rings. The average Bonchev–Trinajstić information content (AvgIpc) is 3.17. The zero-order valence-corrected chi connectivity index (χ0v) is 19.1. The molecule has 31 heavy (non-hydrogen) atoms. The van der Waals surface area contributed by atoms with Crippen molar-refractivity contribution in [1.82, 2.24) is 20.3 Å². The molecule has 0 bridgehead atoms. The van der Waals surface area contributed by atoms with Crippen LogP contribution in [0.4, 0.5) is 5.69 Å². The minimum Gasteiger partial charge on any atom is -0.497 e. The lowest BCUT2D eigenvalue weighted by atomic mass is 10.2. The van der Waals surface area contributed by atoms with Crippen molar-refractivity contribution in [1.29, 1.82) is 0 Å². The Bertz CT molecular complexity index is 1270. The van der Waals surface area contributed by atoms with Crippen molar-refractivity contribution in [3.63, 3.8) is 0 Å². The Hall–Kier alpha value is -3.30. The van der Waals surface area contributed by atoms with Gasteiger partial charge in [-0.25, -0.2) is 0 Å². The summed E-state index contributed by atoms with van der Waals surface area (Å²) in [5.74, 6) is 0.482. The van der Waals surface area contributed by atoms with Crippen LogP contribution in [0.2, 0.25) is 0 Å². The third-order valence-electron chi connectivity index (χ3n) is 4.61. The number of aromatic nitrogens is 3. The highest BCUT2D eigenvalue weighted by molar-refractivity contribution is 9.10. The Morgan fingerprint density at radius 1 is 1.03 bits per heavy atom. The van der Waals surface area contributed by atoms with Crippen LogP contribution in [0.3, 0.4) is 0 Å². The number of thiocarbonyl (C=S) groups is 1. The van der Waals surface area contributed by atoms with Gasteiger partial charge in [-0.1, -0.05) is 15.9 Å². The van der Waals surface area contributed by atoms with Crippen molar-refractivity contribution in [3.8, 4) is 11.4 Å². The summed E-state index contributed by atoms with van der Waals surface area (Å²) >= 11 is 8.67. The SMILES string of the molecule is COc1ccc(-n2nc3cc(C)c(NC(=S)NC(=O)c4ccc(Br)cc4)cc3n2)cc1. The minimum absolute atomic E-state index is 0.206. The summed E-state index contributed by atoms with van der Waals surface area (Å²) in [6.07, 6.45) is 0. The number of amides is 1. The van der Waals surface area contributed by atoms with Crippen LogP contribution in [-0.2, 0) is 0 Å². The zero-order valence-electron chi connectivity index (χ0n) is 16.7. The Morgan fingerprint density at radius 3 is 2.32 bits per heavy atom. The smallest absolute Gasteiger partial charge is 0.257 e. The molecule has 156 valence electrons. The van der Waals surface area contributed by atoms with E-state index in [-0.39, 0.29) is 11.0 Å². The molecule has 0 fully saturated rings. The van der Waals surface area contributed by atoms with Gasteiger partial charge in [0.25, 0.3) is 5.91 Å². The van der Waals surface area contributed by atoms with E-state index in [9.17, 15) is 4.79 Å². The molecule has 0 spiro atoms. The monoisotopic (exact) mass is 495 g/mol. The molecule has 4 aromatic rings. The fourth-order valence-corrected chi connectivity index (χ4v) is 3.43. The largest absolute Gasteiger partial charge is 0.497 e. The summed E-state index contributed by atoms with van der Waals surface area (Å²) < 4.78 is 6.09. The lowest BCUT2D eigenvalue weighted by Gasteiger charge is -2.11. The number of anilines is 1. The highest BCUT2D eigenvalue weighted by atomic mass is 79.9. The predicted octanol–water partition coefficient (Wildman–Crippen LogP) is 4.63. The number of nitrogens with zero attached hydrogens (tertiary/aromatic N) is 3. The topological polar surface area (TPSA) is 81.1 Å². The molecule has 0 saturated heterocycles. The number of fused-ring (bicyclic) bond motifs is 1. The molecule has 4 rings (SSSR count). The van der Waals surface area contributed by atoms with Crippen LogP contribution >= 0.6 is 28.1 Å². The Kier molecular flexibility index (Phi) is 5.97. The van der Waals surface area contributed by atoms with E-state index in [1.165, 1.54) is 0 Å². The number of hydrogen-bond donors (Lipinski definition) is 2. The van der Waals surface area contributed by atoms with Gasteiger partial charge >= 0.3 is 0 Å². The Labute approximate surface area is 192 Å². The summed E-state index contributed by atoms with van der Waals surface area (Å²) in [5, 5.41) is 15.1. The van der Waals surface area contributed by atoms with E-state index in [1.54, 1.807) is 36.2 Å². The van der Waals surface area contributed by atoms with Gasteiger partial charge in [0.1, 0.15) is 16.8 Å². The highest BCUT2D eigenvalue weighted by Crippen LogP contribution is 2.23. The van der Waals surface area contributed by atoms with E-state index in [1.807, 2.05) is 43.3 Å². The third kappa shape index (κ3) is 4.73. The van der Waals surface area contributed by atoms with E-state index in [2.05, 4.69) is 36.8 Å². The van der Waals surface area contributed by atoms with Gasteiger partial charge in [-0.15, -0.1) is 10.2 Å². The number of halogens is 1. The molecule has 7 nitrogen and oxygen atoms in total. The maximum atomic E-state index is 12.4. The second-order valence-electron chi connectivity index (χ2n) is 6.76. The molecule has 3 aromatic carbocycles. The Balaban J connectivity index is 1.52. The van der Waals surface area contributed by atoms with Crippen molar-refractivity contribution in [2.24, 2.45) is 0 Å². The molecule has 0 aliphatic carbocycles. The quantitative estimate of drug-likeness (QED) is 0.401. The van der Waals surface area contributed by atoms with Crippen molar-refractivity contribution < 1.29 is 9.53 Å². The van der Waals surface area contributed by atoms with Crippen LogP contribution in [0, 0.1) is 6.92 Å². The Morgan fingerprint density at radius 2 is 1.68 bits per heavy atom. The van der Waals surface area contributed by atoms with Crippen LogP contribution in [0.25, 0.3) is 16.7 Å². The lowest BCUT2D eigenvalue weighted by Crippen LogP contribution is -2.34. The number of hydrogen-bond acceptors (Lipinski definition) is 5. The number of aryl methyl sites for hydroxylation is 1. The first-order chi connectivity index (χ1) is 14.9. The third-order valence-corrected chi connectivity index (χ3v) is 5.34. The average molecular weight is 496 g/mol. The number of carbonyl (C=O) groups excluding carboxylic acids is 1. The van der Waals surface area contributed by atoms with E-state index in [0.29, 0.717) is 11.1 Å². The molecule has 1 aromatic heterocycles. The van der Waals surface area contributed by atoms with Crippen LogP contribution in [-0.4, -0.2) is 33.1 Å². The number of ether oxygens (including phenoxy) is 1. The highest BCUT2D eigenvalue weighted by Gasteiger charge is 2.12. The van der Waals surface area contributed by atoms with Gasteiger partial charge in [0.2, 0.25) is 0 Å². The van der Waals surface area contributed by atoms with Crippen LogP contribution < -0.4 is 15.4 Å². The molecule has 0 atom stereocenters. The van der Waals surface area contributed by atoms with Gasteiger partial charge in [0.05, 0.1) is 12.8 Å². The lowest BCUT2D eigenvalue weighted by molar-refractivity contribution is 0.0977. The molecular formula is C22H18BrN5O2S. The van der Waals surface area contributed by atoms with Crippen molar-refractivity contribution in [2.45, 2.75) is 6.92 Å². The van der Waals surface area contributed by atoms with Gasteiger partial charge in [-0.2, -0.15) is 4.80 Å². The van der Waals surface area contributed by atoms with E-state index in [4.69, 9.17) is 17.0 Å². The molecule has 0 saturated carbocycles. The number of carbonyl (C=O) groups is 1. The normalized spacial score (nSPS) is 10.7. The van der Waals surface area contributed by atoms with Crippen molar-refractivity contribution in [3.05, 3.63) is 76.3 Å². The molecule has 0 radical (unpaired) electrons. The first-order valence-electron chi connectivity index (χ1n) is 9.33. The van der Waals surface area contributed by atoms with E-state index < -0.39 is 0 Å². The fourth-order valence-electron chi connectivity index (χ4n) is 2.96. The van der Waals surface area contributed by atoms with Gasteiger partial charge in [0, 0.05) is 15.7 Å². The van der Waals surface area contributed by atoms with Crippen molar-refractivity contribution in [2.75, 3.05) is 12.4 Å². The molecule has 0 aliphatic heterocycles. The number of methoxy groups -OCH3 is 1. The van der Waals surface area contributed by atoms with Crippen LogP contribution in [0.15, 0.2) is 65.1 Å². The fraction of sp³-hybridized carbons (Fsp3) is 0.0909. The predicted molar refractivity (Wildman–Crippen MR) is 128 cm³/mol. The standard InChI is InChI=1S/C22H18BrN5O2S/c1-13-11-19-20(27-28(26-19)16-7-9-17(30-2)10-8-16)12-18(13)24-22(31)25-21(29)14-3-5-15(23)6-4-14/h3-12H,1-2H3,(H2,24,25,29,31). The van der Waals surface area contributed by atoms with Crippen LogP contribution in [0.5, 0.6) is 5.75 Å². The first-order valence-corrected chi connectivity index (χ1v) is 10.5. The second kappa shape index (κ2) is 8.83. The number of nitrogens with one attached hydrogen (secondary N) is 2. The number of rotatable bonds is 4. The zero-order chi connectivity index (χ0) is 22.0. The summed E-state index contributed by atoms with van der Waals surface area (Å²) in [6.45, 7) is 1.94. The molecular weight excluding hydrogens is 478 g/mol. The molecule has 1 heterocycles. The minimum atomic E-state index is -0.283. The van der Waals surface area contributed by atoms with Gasteiger partial charge in [-0.3, -0.25) is 10.1 Å². The summed E-state index contributed by atoms with van der Waals surface area (Å²) in [7, 11) is 1.62. The summed E-state index contributed by atoms with van der Waals surface area (Å²) in [6, 6.07) is 18.3.